The molecule has 0 saturated carbocycles. The molecule has 2 aliphatic rings. The van der Waals surface area contributed by atoms with Gasteiger partial charge < -0.3 is 14.9 Å². The summed E-state index contributed by atoms with van der Waals surface area (Å²) in [6.45, 7) is 1.97. The molecule has 26 heavy (non-hydrogen) atoms. The van der Waals surface area contributed by atoms with Crippen molar-refractivity contribution in [3.05, 3.63) is 64.7 Å². The number of aryl methyl sites for hydroxylation is 2. The zero-order valence-electron chi connectivity index (χ0n) is 14.6. The predicted octanol–water partition coefficient (Wildman–Crippen LogP) is 2.48. The fraction of sp³-hybridized carbons (Fsp3) is 0.333. The second-order valence-corrected chi connectivity index (χ2v) is 6.94. The molecule has 0 radical (unpaired) electrons. The summed E-state index contributed by atoms with van der Waals surface area (Å²) in [5.74, 6) is -0.156. The molecule has 0 bridgehead atoms. The Hall–Kier alpha value is -2.82. The van der Waals surface area contributed by atoms with Gasteiger partial charge in [-0.1, -0.05) is 18.2 Å². The maximum atomic E-state index is 12.8. The van der Waals surface area contributed by atoms with Crippen molar-refractivity contribution in [3.8, 4) is 5.75 Å². The highest BCUT2D eigenvalue weighted by Crippen LogP contribution is 2.24. The van der Waals surface area contributed by atoms with Crippen LogP contribution in [0.3, 0.4) is 0 Å². The Morgan fingerprint density at radius 2 is 1.46 bits per heavy atom. The van der Waals surface area contributed by atoms with Crippen molar-refractivity contribution in [1.29, 1.82) is 0 Å². The van der Waals surface area contributed by atoms with Crippen LogP contribution in [0.2, 0.25) is 0 Å². The van der Waals surface area contributed by atoms with Crippen molar-refractivity contribution in [2.75, 3.05) is 26.2 Å². The molecule has 0 unspecified atom stereocenters. The number of para-hydroxylation sites is 1. The van der Waals surface area contributed by atoms with Gasteiger partial charge in [-0.25, -0.2) is 0 Å². The number of amides is 2. The molecule has 1 aliphatic heterocycles. The second kappa shape index (κ2) is 6.83. The van der Waals surface area contributed by atoms with Crippen LogP contribution in [0, 0.1) is 0 Å². The van der Waals surface area contributed by atoms with Crippen molar-refractivity contribution < 1.29 is 14.7 Å². The maximum Gasteiger partial charge on any atom is 0.257 e. The summed E-state index contributed by atoms with van der Waals surface area (Å²) in [6, 6.07) is 12.6. The SMILES string of the molecule is O=C(c1ccc2c(c1)CCC2)N1CCN(C(=O)c2ccccc2O)CC1. The van der Waals surface area contributed by atoms with Gasteiger partial charge in [0.05, 0.1) is 5.56 Å². The minimum Gasteiger partial charge on any atom is -0.507 e. The quantitative estimate of drug-likeness (QED) is 0.905. The van der Waals surface area contributed by atoms with Crippen LogP contribution in [0.15, 0.2) is 42.5 Å². The van der Waals surface area contributed by atoms with Crippen molar-refractivity contribution in [2.24, 2.45) is 0 Å². The molecule has 1 aliphatic carbocycles. The molecule has 1 heterocycles. The summed E-state index contributed by atoms with van der Waals surface area (Å²) in [4.78, 5) is 28.8. The van der Waals surface area contributed by atoms with Crippen LogP contribution in [0.5, 0.6) is 5.75 Å². The molecular formula is C21H22N2O3. The van der Waals surface area contributed by atoms with Gasteiger partial charge >= 0.3 is 0 Å². The number of aromatic hydroxyl groups is 1. The number of piperazine rings is 1. The van der Waals surface area contributed by atoms with Gasteiger partial charge in [-0.05, 0) is 54.7 Å². The van der Waals surface area contributed by atoms with E-state index in [0.717, 1.165) is 18.4 Å². The first-order valence-corrected chi connectivity index (χ1v) is 9.12. The van der Waals surface area contributed by atoms with Crippen molar-refractivity contribution in [2.45, 2.75) is 19.3 Å². The zero-order valence-corrected chi connectivity index (χ0v) is 14.6. The number of fused-ring (bicyclic) bond motifs is 1. The lowest BCUT2D eigenvalue weighted by atomic mass is 10.1. The topological polar surface area (TPSA) is 60.9 Å². The third kappa shape index (κ3) is 3.05. The Morgan fingerprint density at radius 1 is 0.808 bits per heavy atom. The number of rotatable bonds is 2. The van der Waals surface area contributed by atoms with Gasteiger partial charge in [0.25, 0.3) is 11.8 Å². The van der Waals surface area contributed by atoms with Gasteiger partial charge in [0.2, 0.25) is 0 Å². The summed E-state index contributed by atoms with van der Waals surface area (Å²) in [5.41, 5.74) is 3.71. The van der Waals surface area contributed by atoms with Gasteiger partial charge in [-0.15, -0.1) is 0 Å². The highest BCUT2D eigenvalue weighted by molar-refractivity contribution is 5.97. The fourth-order valence-corrected chi connectivity index (χ4v) is 3.82. The average Bonchev–Trinajstić information content (AvgIpc) is 3.15. The predicted molar refractivity (Wildman–Crippen MR) is 98.4 cm³/mol. The van der Waals surface area contributed by atoms with Crippen LogP contribution in [0.1, 0.15) is 38.3 Å². The minimum absolute atomic E-state index is 0.00542. The van der Waals surface area contributed by atoms with Crippen molar-refractivity contribution in [3.63, 3.8) is 0 Å². The van der Waals surface area contributed by atoms with Crippen LogP contribution >= 0.6 is 0 Å². The molecule has 1 N–H and O–H groups in total. The maximum absolute atomic E-state index is 12.8. The minimum atomic E-state index is -0.187. The van der Waals surface area contributed by atoms with E-state index in [2.05, 4.69) is 6.07 Å². The Kier molecular flexibility index (Phi) is 4.37. The summed E-state index contributed by atoms with van der Waals surface area (Å²) in [5, 5.41) is 9.87. The highest BCUT2D eigenvalue weighted by Gasteiger charge is 2.27. The molecular weight excluding hydrogens is 328 g/mol. The van der Waals surface area contributed by atoms with Gasteiger partial charge in [-0.3, -0.25) is 9.59 Å². The Morgan fingerprint density at radius 3 is 2.19 bits per heavy atom. The zero-order chi connectivity index (χ0) is 18.1. The van der Waals surface area contributed by atoms with Crippen molar-refractivity contribution in [1.82, 2.24) is 9.80 Å². The fourth-order valence-electron chi connectivity index (χ4n) is 3.82. The third-order valence-corrected chi connectivity index (χ3v) is 5.33. The highest BCUT2D eigenvalue weighted by atomic mass is 16.3. The lowest BCUT2D eigenvalue weighted by Gasteiger charge is -2.35. The van der Waals surface area contributed by atoms with E-state index in [1.807, 2.05) is 17.0 Å². The molecule has 5 nitrogen and oxygen atoms in total. The van der Waals surface area contributed by atoms with E-state index >= 15 is 0 Å². The molecule has 1 saturated heterocycles. The summed E-state index contributed by atoms with van der Waals surface area (Å²) >= 11 is 0. The van der Waals surface area contributed by atoms with Crippen LogP contribution in [0.25, 0.3) is 0 Å². The molecule has 2 amide bonds. The number of benzene rings is 2. The number of phenolic OH excluding ortho intramolecular Hbond substituents is 1. The first-order valence-electron chi connectivity index (χ1n) is 9.12. The molecule has 1 fully saturated rings. The van der Waals surface area contributed by atoms with Gasteiger partial charge in [0.15, 0.2) is 0 Å². The molecule has 0 spiro atoms. The number of nitrogens with zero attached hydrogens (tertiary/aromatic N) is 2. The molecule has 0 atom stereocenters. The summed E-state index contributed by atoms with van der Waals surface area (Å²) in [7, 11) is 0. The molecule has 2 aromatic rings. The average molecular weight is 350 g/mol. The van der Waals surface area contributed by atoms with Crippen LogP contribution in [-0.4, -0.2) is 52.9 Å². The van der Waals surface area contributed by atoms with Crippen LogP contribution in [0.4, 0.5) is 0 Å². The molecule has 4 rings (SSSR count). The summed E-state index contributed by atoms with van der Waals surface area (Å²) in [6.07, 6.45) is 3.33. The van der Waals surface area contributed by atoms with E-state index in [0.29, 0.717) is 31.7 Å². The first kappa shape index (κ1) is 16.6. The van der Waals surface area contributed by atoms with E-state index in [1.165, 1.54) is 23.6 Å². The van der Waals surface area contributed by atoms with E-state index in [1.54, 1.807) is 23.1 Å². The van der Waals surface area contributed by atoms with Gasteiger partial charge in [-0.2, -0.15) is 0 Å². The third-order valence-electron chi connectivity index (χ3n) is 5.33. The standard InChI is InChI=1S/C21H22N2O3/c24-19-7-2-1-6-18(19)21(26)23-12-10-22(11-13-23)20(25)17-9-8-15-4-3-5-16(15)14-17/h1-2,6-9,14,24H,3-5,10-13H2. The smallest absolute Gasteiger partial charge is 0.257 e. The Bertz CT molecular complexity index is 854. The summed E-state index contributed by atoms with van der Waals surface area (Å²) < 4.78 is 0. The Labute approximate surface area is 152 Å². The molecule has 134 valence electrons. The van der Waals surface area contributed by atoms with Crippen molar-refractivity contribution >= 4 is 11.8 Å². The lowest BCUT2D eigenvalue weighted by Crippen LogP contribution is -2.50. The van der Waals surface area contributed by atoms with E-state index < -0.39 is 0 Å². The van der Waals surface area contributed by atoms with Gasteiger partial charge in [0.1, 0.15) is 5.75 Å². The van der Waals surface area contributed by atoms with E-state index in [4.69, 9.17) is 0 Å². The number of carbonyl (C=O) groups is 2. The molecule has 5 heteroatoms. The largest absolute Gasteiger partial charge is 0.507 e. The van der Waals surface area contributed by atoms with Crippen LogP contribution < -0.4 is 0 Å². The monoisotopic (exact) mass is 350 g/mol. The molecule has 0 aromatic heterocycles. The number of hydrogen-bond acceptors (Lipinski definition) is 3. The lowest BCUT2D eigenvalue weighted by molar-refractivity contribution is 0.0533. The second-order valence-electron chi connectivity index (χ2n) is 6.94. The van der Waals surface area contributed by atoms with Gasteiger partial charge in [0, 0.05) is 31.7 Å². The first-order chi connectivity index (χ1) is 12.6. The van der Waals surface area contributed by atoms with E-state index in [9.17, 15) is 14.7 Å². The number of carbonyl (C=O) groups excluding carboxylic acids is 2. The molecule has 2 aromatic carbocycles. The number of hydrogen-bond donors (Lipinski definition) is 1. The van der Waals surface area contributed by atoms with E-state index in [-0.39, 0.29) is 17.6 Å². The van der Waals surface area contributed by atoms with Crippen LogP contribution in [-0.2, 0) is 12.8 Å². The normalized spacial score (nSPS) is 16.5. The number of phenols is 1. The Balaban J connectivity index is 1.41.